The normalized spacial score (nSPS) is 16.2. The van der Waals surface area contributed by atoms with Gasteiger partial charge in [-0.3, -0.25) is 19.2 Å². The minimum Gasteiger partial charge on any atom is -0.414 e. The van der Waals surface area contributed by atoms with Crippen molar-refractivity contribution in [3.05, 3.63) is 66.3 Å². The number of aryl methyl sites for hydroxylation is 2. The number of hydrogen-bond acceptors (Lipinski definition) is 8. The molecule has 2 aromatic carbocycles. The SMILES string of the molecule is CC(C)[C@H](NC(=O)[C@@H]1CCCN1C(=O)[C@@H](NC(=O)CCc1nc2ccccc2n1C)C(C)C)C(=O)c1nnc(-c2ccccc2)o1. The molecule has 0 saturated carbocycles. The number of rotatable bonds is 12. The summed E-state index contributed by atoms with van der Waals surface area (Å²) in [6.07, 6.45) is 1.65. The molecular formula is C34H41N7O5. The quantitative estimate of drug-likeness (QED) is 0.226. The number of likely N-dealkylation sites (tertiary alicyclic amines) is 1. The van der Waals surface area contributed by atoms with Gasteiger partial charge in [-0.15, -0.1) is 10.2 Å². The highest BCUT2D eigenvalue weighted by Crippen LogP contribution is 2.23. The maximum Gasteiger partial charge on any atom is 0.286 e. The van der Waals surface area contributed by atoms with Crippen molar-refractivity contribution >= 4 is 34.5 Å². The first-order valence-corrected chi connectivity index (χ1v) is 15.8. The van der Waals surface area contributed by atoms with Crippen molar-refractivity contribution in [2.24, 2.45) is 18.9 Å². The highest BCUT2D eigenvalue weighted by molar-refractivity contribution is 6.00. The van der Waals surface area contributed by atoms with E-state index in [2.05, 4.69) is 25.8 Å². The van der Waals surface area contributed by atoms with Gasteiger partial charge in [0.15, 0.2) is 0 Å². The number of nitrogens with zero attached hydrogens (tertiary/aromatic N) is 5. The Morgan fingerprint density at radius 3 is 2.30 bits per heavy atom. The molecule has 46 heavy (non-hydrogen) atoms. The van der Waals surface area contributed by atoms with Gasteiger partial charge in [-0.1, -0.05) is 58.0 Å². The lowest BCUT2D eigenvalue weighted by Gasteiger charge is -2.31. The Labute approximate surface area is 268 Å². The molecule has 0 bridgehead atoms. The third kappa shape index (κ3) is 7.00. The van der Waals surface area contributed by atoms with E-state index in [0.717, 1.165) is 16.9 Å². The van der Waals surface area contributed by atoms with Gasteiger partial charge in [0, 0.05) is 32.0 Å². The molecule has 5 rings (SSSR count). The fourth-order valence-electron chi connectivity index (χ4n) is 5.82. The second kappa shape index (κ2) is 14.1. The maximum absolute atomic E-state index is 13.8. The first-order chi connectivity index (χ1) is 22.0. The standard InChI is InChI=1S/C34H41N7O5/c1-20(2)28(30(43)33-39-38-32(46-33)22-12-7-6-8-13-22)37-31(44)25-16-11-19-41(25)34(45)29(21(3)4)36-27(42)18-17-26-35-23-14-9-10-15-24(23)40(26)5/h6-10,12-15,20-21,25,28-29H,11,16-19H2,1-5H3,(H,36,42)(H,37,44)/t25-,28-,29-/m0/s1. The van der Waals surface area contributed by atoms with E-state index in [1.807, 2.05) is 81.8 Å². The molecular weight excluding hydrogens is 586 g/mol. The summed E-state index contributed by atoms with van der Waals surface area (Å²) in [5.74, 6) is -1.21. The number of fused-ring (bicyclic) bond motifs is 1. The van der Waals surface area contributed by atoms with Crippen LogP contribution in [0.3, 0.4) is 0 Å². The van der Waals surface area contributed by atoms with E-state index in [1.54, 1.807) is 12.1 Å². The molecule has 0 unspecified atom stereocenters. The van der Waals surface area contributed by atoms with Crippen LogP contribution in [0.1, 0.15) is 63.5 Å². The number of ketones is 1. The van der Waals surface area contributed by atoms with Crippen molar-refractivity contribution in [1.29, 1.82) is 0 Å². The Hall–Kier alpha value is -4.87. The molecule has 1 fully saturated rings. The lowest BCUT2D eigenvalue weighted by Crippen LogP contribution is -2.57. The van der Waals surface area contributed by atoms with Gasteiger partial charge in [0.1, 0.15) is 17.9 Å². The molecule has 3 heterocycles. The van der Waals surface area contributed by atoms with Crippen LogP contribution in [0, 0.1) is 11.8 Å². The molecule has 2 N–H and O–H groups in total. The van der Waals surface area contributed by atoms with Crippen molar-refractivity contribution in [2.45, 2.75) is 71.5 Å². The summed E-state index contributed by atoms with van der Waals surface area (Å²) >= 11 is 0. The lowest BCUT2D eigenvalue weighted by molar-refractivity contribution is -0.142. The molecule has 12 nitrogen and oxygen atoms in total. The van der Waals surface area contributed by atoms with Gasteiger partial charge in [0.2, 0.25) is 29.4 Å². The molecule has 3 amide bonds. The molecule has 0 radical (unpaired) electrons. The molecule has 1 aliphatic heterocycles. The average molecular weight is 628 g/mol. The van der Waals surface area contributed by atoms with Crippen molar-refractivity contribution in [2.75, 3.05) is 6.54 Å². The summed E-state index contributed by atoms with van der Waals surface area (Å²) < 4.78 is 7.63. The zero-order valence-corrected chi connectivity index (χ0v) is 26.9. The molecule has 3 atom stereocenters. The minimum atomic E-state index is -0.933. The Bertz CT molecular complexity index is 1710. The zero-order valence-electron chi connectivity index (χ0n) is 26.9. The lowest BCUT2D eigenvalue weighted by atomic mass is 9.98. The fraction of sp³-hybridized carbons (Fsp3) is 0.441. The summed E-state index contributed by atoms with van der Waals surface area (Å²) in [4.78, 5) is 60.0. The predicted octanol–water partition coefficient (Wildman–Crippen LogP) is 3.71. The highest BCUT2D eigenvalue weighted by Gasteiger charge is 2.40. The van der Waals surface area contributed by atoms with Gasteiger partial charge in [-0.05, 0) is 48.9 Å². The van der Waals surface area contributed by atoms with E-state index in [-0.39, 0.29) is 41.9 Å². The van der Waals surface area contributed by atoms with Gasteiger partial charge in [-0.25, -0.2) is 4.98 Å². The average Bonchev–Trinajstić information content (AvgIpc) is 3.81. The van der Waals surface area contributed by atoms with Gasteiger partial charge in [0.05, 0.1) is 17.1 Å². The largest absolute Gasteiger partial charge is 0.414 e. The topological polar surface area (TPSA) is 152 Å². The molecule has 12 heteroatoms. The number of benzene rings is 2. The first kappa shape index (κ1) is 32.5. The Balaban J connectivity index is 1.22. The number of carbonyl (C=O) groups excluding carboxylic acids is 4. The van der Waals surface area contributed by atoms with Crippen LogP contribution in [0.2, 0.25) is 0 Å². The van der Waals surface area contributed by atoms with Gasteiger partial charge < -0.3 is 24.5 Å². The molecule has 1 aliphatic rings. The second-order valence-corrected chi connectivity index (χ2v) is 12.4. The van der Waals surface area contributed by atoms with Crippen LogP contribution >= 0.6 is 0 Å². The van der Waals surface area contributed by atoms with Crippen molar-refractivity contribution in [3.63, 3.8) is 0 Å². The minimum absolute atomic E-state index is 0.164. The summed E-state index contributed by atoms with van der Waals surface area (Å²) in [5.41, 5.74) is 2.53. The summed E-state index contributed by atoms with van der Waals surface area (Å²) in [6.45, 7) is 7.72. The number of nitrogens with one attached hydrogen (secondary N) is 2. The fourth-order valence-corrected chi connectivity index (χ4v) is 5.82. The zero-order chi connectivity index (χ0) is 33.0. The van der Waals surface area contributed by atoms with E-state index >= 15 is 0 Å². The number of aromatic nitrogens is 4. The van der Waals surface area contributed by atoms with Crippen LogP contribution in [0.25, 0.3) is 22.5 Å². The molecule has 4 aromatic rings. The summed E-state index contributed by atoms with van der Waals surface area (Å²) in [6, 6.07) is 14.4. The smallest absolute Gasteiger partial charge is 0.286 e. The van der Waals surface area contributed by atoms with E-state index in [4.69, 9.17) is 4.42 Å². The number of hydrogen-bond donors (Lipinski definition) is 2. The van der Waals surface area contributed by atoms with Crippen molar-refractivity contribution in [3.8, 4) is 11.5 Å². The molecule has 0 spiro atoms. The maximum atomic E-state index is 13.8. The third-order valence-electron chi connectivity index (χ3n) is 8.45. The number of Topliss-reactive ketones (excluding diaryl/α,β-unsaturated/α-hetero) is 1. The van der Waals surface area contributed by atoms with Gasteiger partial charge in [0.25, 0.3) is 5.89 Å². The van der Waals surface area contributed by atoms with Gasteiger partial charge in [-0.2, -0.15) is 0 Å². The second-order valence-electron chi connectivity index (χ2n) is 12.4. The van der Waals surface area contributed by atoms with Crippen LogP contribution in [0.4, 0.5) is 0 Å². The van der Waals surface area contributed by atoms with E-state index in [1.165, 1.54) is 4.90 Å². The van der Waals surface area contributed by atoms with E-state index in [9.17, 15) is 19.2 Å². The Morgan fingerprint density at radius 2 is 1.61 bits per heavy atom. The van der Waals surface area contributed by atoms with Crippen LogP contribution in [0.5, 0.6) is 0 Å². The monoisotopic (exact) mass is 627 g/mol. The predicted molar refractivity (Wildman–Crippen MR) is 171 cm³/mol. The summed E-state index contributed by atoms with van der Waals surface area (Å²) in [5, 5.41) is 13.7. The van der Waals surface area contributed by atoms with Crippen LogP contribution < -0.4 is 10.6 Å². The van der Waals surface area contributed by atoms with Crippen LogP contribution in [-0.4, -0.2) is 72.8 Å². The van der Waals surface area contributed by atoms with Crippen LogP contribution in [-0.2, 0) is 27.9 Å². The van der Waals surface area contributed by atoms with E-state index < -0.39 is 29.8 Å². The Kier molecular flexibility index (Phi) is 9.93. The van der Waals surface area contributed by atoms with E-state index in [0.29, 0.717) is 31.4 Å². The number of para-hydroxylation sites is 2. The van der Waals surface area contributed by atoms with Gasteiger partial charge >= 0.3 is 0 Å². The molecule has 1 saturated heterocycles. The molecule has 0 aliphatic carbocycles. The summed E-state index contributed by atoms with van der Waals surface area (Å²) in [7, 11) is 1.92. The van der Waals surface area contributed by atoms with Crippen molar-refractivity contribution < 1.29 is 23.6 Å². The number of imidazole rings is 1. The first-order valence-electron chi connectivity index (χ1n) is 15.8. The Morgan fingerprint density at radius 1 is 0.913 bits per heavy atom. The highest BCUT2D eigenvalue weighted by atomic mass is 16.4. The number of carbonyl (C=O) groups is 4. The van der Waals surface area contributed by atoms with Crippen molar-refractivity contribution in [1.82, 2.24) is 35.3 Å². The van der Waals surface area contributed by atoms with Crippen LogP contribution in [0.15, 0.2) is 59.0 Å². The third-order valence-corrected chi connectivity index (χ3v) is 8.45. The molecule has 2 aromatic heterocycles. The molecule has 242 valence electrons. The number of amides is 3.